The molecule has 0 fully saturated rings. The summed E-state index contributed by atoms with van der Waals surface area (Å²) in [5.74, 6) is 0. The van der Waals surface area contributed by atoms with Gasteiger partial charge in [-0.1, -0.05) is 159 Å². The van der Waals surface area contributed by atoms with E-state index in [1.54, 1.807) is 0 Å². The van der Waals surface area contributed by atoms with Gasteiger partial charge in [-0.15, -0.1) is 0 Å². The van der Waals surface area contributed by atoms with Crippen LogP contribution in [0.5, 0.6) is 0 Å². The zero-order chi connectivity index (χ0) is 38.5. The van der Waals surface area contributed by atoms with Gasteiger partial charge in [0.25, 0.3) is 0 Å². The molecule has 2 heterocycles. The molecule has 9 aromatic carbocycles. The first-order valence-corrected chi connectivity index (χ1v) is 20.0. The van der Waals surface area contributed by atoms with Gasteiger partial charge in [0.2, 0.25) is 0 Å². The lowest BCUT2D eigenvalue weighted by Crippen LogP contribution is -2.15. The van der Waals surface area contributed by atoms with E-state index in [4.69, 9.17) is 8.83 Å². The van der Waals surface area contributed by atoms with Crippen LogP contribution in [0.25, 0.3) is 88.0 Å². The first-order valence-electron chi connectivity index (χ1n) is 20.0. The van der Waals surface area contributed by atoms with Gasteiger partial charge in [0, 0.05) is 38.1 Å². The lowest BCUT2D eigenvalue weighted by molar-refractivity contribution is 0.660. The van der Waals surface area contributed by atoms with Crippen molar-refractivity contribution in [2.75, 3.05) is 4.90 Å². The summed E-state index contributed by atoms with van der Waals surface area (Å²) in [5, 5.41) is 6.65. The molecule has 58 heavy (non-hydrogen) atoms. The Morgan fingerprint density at radius 2 is 0.914 bits per heavy atom. The smallest absolute Gasteiger partial charge is 0.143 e. The third kappa shape index (κ3) is 4.62. The van der Waals surface area contributed by atoms with Crippen LogP contribution in [-0.2, 0) is 5.41 Å². The number of hydrogen-bond acceptors (Lipinski definition) is 3. The van der Waals surface area contributed by atoms with Crippen molar-refractivity contribution in [3.63, 3.8) is 0 Å². The molecule has 0 saturated heterocycles. The van der Waals surface area contributed by atoms with Crippen molar-refractivity contribution in [3.05, 3.63) is 199 Å². The molecule has 274 valence electrons. The van der Waals surface area contributed by atoms with Crippen LogP contribution < -0.4 is 4.90 Å². The molecule has 0 bridgehead atoms. The highest BCUT2D eigenvalue weighted by Gasteiger charge is 2.37. The average Bonchev–Trinajstić information content (AvgIpc) is 3.93. The van der Waals surface area contributed by atoms with Gasteiger partial charge in [0.1, 0.15) is 22.3 Å². The Labute approximate surface area is 336 Å². The molecule has 0 atom stereocenters. The molecule has 1 aliphatic rings. The highest BCUT2D eigenvalue weighted by Crippen LogP contribution is 2.55. The Balaban J connectivity index is 1.18. The summed E-state index contributed by atoms with van der Waals surface area (Å²) in [7, 11) is 0. The summed E-state index contributed by atoms with van der Waals surface area (Å²) in [6, 6.07) is 67.7. The second kappa shape index (κ2) is 12.3. The van der Waals surface area contributed by atoms with Crippen LogP contribution in [0, 0.1) is 0 Å². The van der Waals surface area contributed by atoms with Crippen molar-refractivity contribution < 1.29 is 8.83 Å². The molecule has 0 aliphatic heterocycles. The first-order chi connectivity index (χ1) is 28.6. The average molecular weight is 744 g/mol. The zero-order valence-electron chi connectivity index (χ0n) is 32.2. The molecule has 2 aromatic heterocycles. The van der Waals surface area contributed by atoms with Crippen molar-refractivity contribution in [3.8, 4) is 33.4 Å². The Morgan fingerprint density at radius 1 is 0.362 bits per heavy atom. The van der Waals surface area contributed by atoms with Crippen LogP contribution >= 0.6 is 0 Å². The van der Waals surface area contributed by atoms with Crippen molar-refractivity contribution in [1.29, 1.82) is 0 Å². The van der Waals surface area contributed by atoms with E-state index < -0.39 is 0 Å². The summed E-state index contributed by atoms with van der Waals surface area (Å²) in [6.07, 6.45) is 0. The third-order valence-corrected chi connectivity index (χ3v) is 12.5. The number of anilines is 3. The highest BCUT2D eigenvalue weighted by molar-refractivity contribution is 6.20. The van der Waals surface area contributed by atoms with E-state index in [2.05, 4.69) is 201 Å². The van der Waals surface area contributed by atoms with Gasteiger partial charge in [-0.05, 0) is 81.2 Å². The Hall–Kier alpha value is -7.36. The standard InChI is InChI=1S/C55H37NO2/c1-55(2)43-24-9-5-20-40(43)51-38(22-13-25-44(51)55)36-18-6-10-26-45(36)56(47-28-15-31-50-53(47)41-21-8-12-29-48(41)57-50)46-27-11-7-19-37(46)39-23-14-30-49-52(39)42-33-32-34-16-3-4-17-35(34)54(42)58-49/h3-33H,1-2H3. The largest absolute Gasteiger partial charge is 0.456 e. The van der Waals surface area contributed by atoms with Crippen molar-refractivity contribution in [2.45, 2.75) is 19.3 Å². The third-order valence-electron chi connectivity index (χ3n) is 12.5. The summed E-state index contributed by atoms with van der Waals surface area (Å²) < 4.78 is 13.3. The first kappa shape index (κ1) is 32.8. The van der Waals surface area contributed by atoms with E-state index >= 15 is 0 Å². The highest BCUT2D eigenvalue weighted by atomic mass is 16.3. The van der Waals surface area contributed by atoms with E-state index in [0.29, 0.717) is 0 Å². The van der Waals surface area contributed by atoms with Gasteiger partial charge < -0.3 is 13.7 Å². The molecular weight excluding hydrogens is 707 g/mol. The van der Waals surface area contributed by atoms with Crippen LogP contribution in [0.2, 0.25) is 0 Å². The maximum atomic E-state index is 6.73. The lowest BCUT2D eigenvalue weighted by Gasteiger charge is -2.31. The molecule has 0 unspecified atom stereocenters. The number of furan rings is 2. The predicted molar refractivity (Wildman–Crippen MR) is 242 cm³/mol. The van der Waals surface area contributed by atoms with E-state index in [-0.39, 0.29) is 5.41 Å². The monoisotopic (exact) mass is 743 g/mol. The quantitative estimate of drug-likeness (QED) is 0.176. The fourth-order valence-corrected chi connectivity index (χ4v) is 9.88. The number of nitrogens with zero attached hydrogens (tertiary/aromatic N) is 1. The van der Waals surface area contributed by atoms with Crippen LogP contribution in [0.4, 0.5) is 17.1 Å². The molecule has 0 N–H and O–H groups in total. The van der Waals surface area contributed by atoms with Gasteiger partial charge in [0.15, 0.2) is 0 Å². The minimum Gasteiger partial charge on any atom is -0.456 e. The number of benzene rings is 9. The van der Waals surface area contributed by atoms with E-state index in [1.807, 2.05) is 6.07 Å². The second-order valence-corrected chi connectivity index (χ2v) is 16.0. The zero-order valence-corrected chi connectivity index (χ0v) is 32.2. The van der Waals surface area contributed by atoms with Crippen LogP contribution in [0.15, 0.2) is 197 Å². The number of rotatable bonds is 5. The van der Waals surface area contributed by atoms with E-state index in [1.165, 1.54) is 27.8 Å². The van der Waals surface area contributed by atoms with Gasteiger partial charge >= 0.3 is 0 Å². The fraction of sp³-hybridized carbons (Fsp3) is 0.0545. The molecule has 12 rings (SSSR count). The Morgan fingerprint density at radius 3 is 1.74 bits per heavy atom. The SMILES string of the molecule is CC1(C)c2ccccc2-c2c(-c3ccccc3N(c3ccccc3-c3cccc4oc5c6ccccc6ccc5c34)c3cccc4oc5ccccc5c34)cccc21. The maximum Gasteiger partial charge on any atom is 0.143 e. The van der Waals surface area contributed by atoms with Gasteiger partial charge in [0.05, 0.1) is 22.4 Å². The normalized spacial score (nSPS) is 13.1. The van der Waals surface area contributed by atoms with Gasteiger partial charge in [-0.2, -0.15) is 0 Å². The maximum absolute atomic E-state index is 6.73. The molecule has 0 spiro atoms. The summed E-state index contributed by atoms with van der Waals surface area (Å²) in [5.41, 5.74) is 16.5. The topological polar surface area (TPSA) is 29.5 Å². The van der Waals surface area contributed by atoms with Crippen LogP contribution in [-0.4, -0.2) is 0 Å². The van der Waals surface area contributed by atoms with E-state index in [9.17, 15) is 0 Å². The minimum absolute atomic E-state index is 0.123. The van der Waals surface area contributed by atoms with Crippen molar-refractivity contribution >= 4 is 71.7 Å². The van der Waals surface area contributed by atoms with Crippen molar-refractivity contribution in [1.82, 2.24) is 0 Å². The summed E-state index contributed by atoms with van der Waals surface area (Å²) in [6.45, 7) is 4.70. The molecule has 0 saturated carbocycles. The van der Waals surface area contributed by atoms with Crippen molar-refractivity contribution in [2.24, 2.45) is 0 Å². The second-order valence-electron chi connectivity index (χ2n) is 16.0. The van der Waals surface area contributed by atoms with Gasteiger partial charge in [-0.25, -0.2) is 0 Å². The molecule has 3 nitrogen and oxygen atoms in total. The number of hydrogen-bond donors (Lipinski definition) is 0. The molecule has 3 heteroatoms. The molecular formula is C55H37NO2. The van der Waals surface area contributed by atoms with E-state index in [0.717, 1.165) is 88.4 Å². The lowest BCUT2D eigenvalue weighted by atomic mass is 9.82. The van der Waals surface area contributed by atoms with Gasteiger partial charge in [-0.3, -0.25) is 0 Å². The summed E-state index contributed by atoms with van der Waals surface area (Å²) >= 11 is 0. The Kier molecular flexibility index (Phi) is 6.98. The minimum atomic E-state index is -0.123. The predicted octanol–water partition coefficient (Wildman–Crippen LogP) is 15.7. The van der Waals surface area contributed by atoms with Crippen LogP contribution in [0.3, 0.4) is 0 Å². The molecule has 0 radical (unpaired) electrons. The molecule has 1 aliphatic carbocycles. The fourth-order valence-electron chi connectivity index (χ4n) is 9.88. The number of para-hydroxylation sites is 3. The molecule has 0 amide bonds. The Bertz CT molecular complexity index is 3450. The molecule has 11 aromatic rings. The summed E-state index contributed by atoms with van der Waals surface area (Å²) in [4.78, 5) is 2.47. The van der Waals surface area contributed by atoms with Crippen LogP contribution in [0.1, 0.15) is 25.0 Å². The number of fused-ring (bicyclic) bond motifs is 11.